The molecule has 0 saturated heterocycles. The predicted molar refractivity (Wildman–Crippen MR) is 89.2 cm³/mol. The van der Waals surface area contributed by atoms with E-state index in [1.807, 2.05) is 0 Å². The molecule has 0 spiro atoms. The summed E-state index contributed by atoms with van der Waals surface area (Å²) in [7, 11) is 0. The highest BCUT2D eigenvalue weighted by atomic mass is 16.5. The number of ether oxygens (including phenoxy) is 1. The first-order valence-corrected chi connectivity index (χ1v) is 8.78. The first kappa shape index (κ1) is 20.9. The van der Waals surface area contributed by atoms with E-state index in [4.69, 9.17) is 16.2 Å². The van der Waals surface area contributed by atoms with E-state index in [-0.39, 0.29) is 12.8 Å². The molecule has 0 aliphatic carbocycles. The first-order valence-electron chi connectivity index (χ1n) is 8.78. The molecule has 0 radical (unpaired) electrons. The molecule has 0 aromatic heterocycles. The zero-order valence-corrected chi connectivity index (χ0v) is 14.1. The van der Waals surface area contributed by atoms with E-state index < -0.39 is 17.9 Å². The summed E-state index contributed by atoms with van der Waals surface area (Å²) in [5.74, 6) is -0.880. The normalized spacial score (nSPS) is 12.1. The van der Waals surface area contributed by atoms with Crippen LogP contribution in [0.15, 0.2) is 0 Å². The van der Waals surface area contributed by atoms with Crippen LogP contribution in [-0.2, 0) is 14.3 Å². The topological polar surface area (TPSA) is 95.4 Å². The molecule has 4 N–H and O–H groups in total. The highest BCUT2D eigenvalue weighted by Crippen LogP contribution is 2.10. The highest BCUT2D eigenvalue weighted by molar-refractivity contribution is 5.78. The Morgan fingerprint density at radius 2 is 1.41 bits per heavy atom. The fourth-order valence-electron chi connectivity index (χ4n) is 2.28. The molecule has 0 rings (SSSR count). The van der Waals surface area contributed by atoms with Gasteiger partial charge in [-0.05, 0) is 12.8 Å². The molecule has 1 atom stereocenters. The predicted octanol–water partition coefficient (Wildman–Crippen LogP) is 3.04. The van der Waals surface area contributed by atoms with Gasteiger partial charge in [0.05, 0.1) is 6.61 Å². The fraction of sp³-hybridized carbons (Fsp3) is 0.882. The van der Waals surface area contributed by atoms with Crippen LogP contribution in [0, 0.1) is 0 Å². The minimum Gasteiger partial charge on any atom is -0.465 e. The summed E-state index contributed by atoms with van der Waals surface area (Å²) in [5, 5.41) is 0. The van der Waals surface area contributed by atoms with Crippen molar-refractivity contribution in [3.8, 4) is 0 Å². The molecule has 0 aliphatic rings. The number of primary amides is 1. The average molecular weight is 314 g/mol. The Labute approximate surface area is 135 Å². The molecule has 5 heteroatoms. The molecule has 130 valence electrons. The van der Waals surface area contributed by atoms with Gasteiger partial charge in [-0.2, -0.15) is 0 Å². The number of nitrogens with two attached hydrogens (primary N) is 2. The molecule has 0 bridgehead atoms. The van der Waals surface area contributed by atoms with Crippen LogP contribution in [0.1, 0.15) is 84.0 Å². The summed E-state index contributed by atoms with van der Waals surface area (Å²) in [4.78, 5) is 22.1. The maximum atomic E-state index is 11.5. The fourth-order valence-corrected chi connectivity index (χ4v) is 2.28. The molecule has 0 aliphatic heterocycles. The van der Waals surface area contributed by atoms with Gasteiger partial charge in [-0.1, -0.05) is 64.7 Å². The summed E-state index contributed by atoms with van der Waals surface area (Å²) in [5.41, 5.74) is 10.6. The molecule has 0 heterocycles. The van der Waals surface area contributed by atoms with Crippen LogP contribution in [0.3, 0.4) is 0 Å². The Hall–Kier alpha value is -1.10. The Kier molecular flexibility index (Phi) is 14.1. The molecular formula is C17H34N2O3. The Morgan fingerprint density at radius 3 is 1.91 bits per heavy atom. The number of unbranched alkanes of at least 4 members (excludes halogenated alkanes) is 9. The van der Waals surface area contributed by atoms with Crippen molar-refractivity contribution in [2.24, 2.45) is 11.5 Å². The Morgan fingerprint density at radius 1 is 0.909 bits per heavy atom. The van der Waals surface area contributed by atoms with Crippen molar-refractivity contribution in [2.75, 3.05) is 6.61 Å². The minimum atomic E-state index is -0.740. The average Bonchev–Trinajstić information content (AvgIpc) is 2.49. The zero-order chi connectivity index (χ0) is 16.6. The number of carbonyl (C=O) groups excluding carboxylic acids is 2. The van der Waals surface area contributed by atoms with Crippen molar-refractivity contribution in [1.29, 1.82) is 0 Å². The highest BCUT2D eigenvalue weighted by Gasteiger charge is 2.15. The minimum absolute atomic E-state index is 0.120. The van der Waals surface area contributed by atoms with Crippen LogP contribution < -0.4 is 11.5 Å². The van der Waals surface area contributed by atoms with Crippen LogP contribution in [0.5, 0.6) is 0 Å². The molecule has 0 aromatic rings. The van der Waals surface area contributed by atoms with Crippen LogP contribution in [0.25, 0.3) is 0 Å². The van der Waals surface area contributed by atoms with Crippen LogP contribution in [0.4, 0.5) is 0 Å². The van der Waals surface area contributed by atoms with Crippen LogP contribution in [0.2, 0.25) is 0 Å². The van der Waals surface area contributed by atoms with E-state index in [0.29, 0.717) is 6.61 Å². The van der Waals surface area contributed by atoms with E-state index in [0.717, 1.165) is 12.8 Å². The third-order valence-electron chi connectivity index (χ3n) is 3.75. The van der Waals surface area contributed by atoms with Gasteiger partial charge in [0.2, 0.25) is 5.91 Å². The van der Waals surface area contributed by atoms with E-state index in [2.05, 4.69) is 6.92 Å². The number of amides is 1. The maximum Gasteiger partial charge on any atom is 0.322 e. The molecule has 1 unspecified atom stereocenters. The number of esters is 1. The van der Waals surface area contributed by atoms with Crippen molar-refractivity contribution in [2.45, 2.75) is 90.0 Å². The molecule has 0 fully saturated rings. The van der Waals surface area contributed by atoms with Gasteiger partial charge in [0, 0.05) is 6.42 Å². The molecule has 0 aromatic carbocycles. The maximum absolute atomic E-state index is 11.5. The zero-order valence-electron chi connectivity index (χ0n) is 14.1. The van der Waals surface area contributed by atoms with Gasteiger partial charge in [-0.15, -0.1) is 0 Å². The number of rotatable bonds is 15. The van der Waals surface area contributed by atoms with E-state index >= 15 is 0 Å². The van der Waals surface area contributed by atoms with Gasteiger partial charge < -0.3 is 16.2 Å². The van der Waals surface area contributed by atoms with Crippen molar-refractivity contribution in [3.63, 3.8) is 0 Å². The monoisotopic (exact) mass is 314 g/mol. The lowest BCUT2D eigenvalue weighted by Gasteiger charge is -2.10. The Bertz CT molecular complexity index is 296. The van der Waals surface area contributed by atoms with Gasteiger partial charge in [0.1, 0.15) is 6.04 Å². The lowest BCUT2D eigenvalue weighted by Crippen LogP contribution is -2.33. The third-order valence-corrected chi connectivity index (χ3v) is 3.75. The third kappa shape index (κ3) is 13.9. The van der Waals surface area contributed by atoms with E-state index in [1.165, 1.54) is 51.4 Å². The van der Waals surface area contributed by atoms with Crippen LogP contribution in [-0.4, -0.2) is 24.5 Å². The van der Waals surface area contributed by atoms with Gasteiger partial charge in [-0.25, -0.2) is 0 Å². The quantitative estimate of drug-likeness (QED) is 0.359. The van der Waals surface area contributed by atoms with Gasteiger partial charge in [-0.3, -0.25) is 9.59 Å². The lowest BCUT2D eigenvalue weighted by atomic mass is 10.1. The number of carbonyl (C=O) groups is 2. The second kappa shape index (κ2) is 14.8. The number of hydrogen-bond acceptors (Lipinski definition) is 4. The van der Waals surface area contributed by atoms with Crippen molar-refractivity contribution in [1.82, 2.24) is 0 Å². The van der Waals surface area contributed by atoms with Crippen molar-refractivity contribution in [3.05, 3.63) is 0 Å². The molecule has 22 heavy (non-hydrogen) atoms. The summed E-state index contributed by atoms with van der Waals surface area (Å²) < 4.78 is 5.09. The second-order valence-corrected chi connectivity index (χ2v) is 5.96. The number of hydrogen-bond donors (Lipinski definition) is 2. The molecule has 5 nitrogen and oxygen atoms in total. The van der Waals surface area contributed by atoms with Gasteiger partial charge in [0.15, 0.2) is 0 Å². The van der Waals surface area contributed by atoms with Gasteiger partial charge in [0.25, 0.3) is 0 Å². The van der Waals surface area contributed by atoms with Crippen molar-refractivity contribution >= 4 is 11.9 Å². The first-order chi connectivity index (χ1) is 10.6. The SMILES string of the molecule is CCCCCCCCCCCCOC(=O)C(N)CCC(N)=O. The van der Waals surface area contributed by atoms with E-state index in [9.17, 15) is 9.59 Å². The summed E-state index contributed by atoms with van der Waals surface area (Å²) in [6, 6.07) is -0.740. The second-order valence-electron chi connectivity index (χ2n) is 5.96. The standard InChI is InChI=1S/C17H34N2O3/c1-2-3-4-5-6-7-8-9-10-11-14-22-17(21)15(18)12-13-16(19)20/h15H,2-14,18H2,1H3,(H2,19,20). The lowest BCUT2D eigenvalue weighted by molar-refractivity contribution is -0.145. The van der Waals surface area contributed by atoms with Crippen LogP contribution >= 0.6 is 0 Å². The summed E-state index contributed by atoms with van der Waals surface area (Å²) in [6.45, 7) is 2.65. The summed E-state index contributed by atoms with van der Waals surface area (Å²) >= 11 is 0. The molecule has 0 saturated carbocycles. The molecule has 1 amide bonds. The summed E-state index contributed by atoms with van der Waals surface area (Å²) in [6.07, 6.45) is 12.8. The van der Waals surface area contributed by atoms with E-state index in [1.54, 1.807) is 0 Å². The largest absolute Gasteiger partial charge is 0.465 e. The van der Waals surface area contributed by atoms with Gasteiger partial charge >= 0.3 is 5.97 Å². The Balaban J connectivity index is 3.31. The molecular weight excluding hydrogens is 280 g/mol. The smallest absolute Gasteiger partial charge is 0.322 e. The van der Waals surface area contributed by atoms with Crippen molar-refractivity contribution < 1.29 is 14.3 Å².